The van der Waals surface area contributed by atoms with Gasteiger partial charge in [-0.3, -0.25) is 0 Å². The molecule has 1 atom stereocenters. The van der Waals surface area contributed by atoms with Crippen LogP contribution in [0.15, 0.2) is 11.5 Å². The highest BCUT2D eigenvalue weighted by molar-refractivity contribution is 5.64. The summed E-state index contributed by atoms with van der Waals surface area (Å²) in [5.74, 6) is 2.54. The molecule has 3 heteroatoms. The first-order chi connectivity index (χ1) is 6.84. The number of carbonyl (C=O) groups is 1. The van der Waals surface area contributed by atoms with Crippen molar-refractivity contribution in [2.24, 2.45) is 11.3 Å². The maximum Gasteiger partial charge on any atom is 0.230 e. The molecule has 1 saturated carbocycles. The van der Waals surface area contributed by atoms with Gasteiger partial charge in [-0.05, 0) is 25.2 Å². The van der Waals surface area contributed by atoms with Gasteiger partial charge >= 0.3 is 0 Å². The molecule has 0 radical (unpaired) electrons. The van der Waals surface area contributed by atoms with E-state index in [2.05, 4.69) is 0 Å². The Balaban J connectivity index is 1.77. The van der Waals surface area contributed by atoms with Gasteiger partial charge < -0.3 is 14.3 Å². The summed E-state index contributed by atoms with van der Waals surface area (Å²) < 4.78 is 10.7. The molecule has 0 aromatic carbocycles. The van der Waals surface area contributed by atoms with Crippen molar-refractivity contribution in [3.8, 4) is 0 Å². The van der Waals surface area contributed by atoms with Crippen molar-refractivity contribution >= 4 is 6.29 Å². The number of rotatable bonds is 2. The SMILES string of the molecule is O=CC1(C2CCC3=C(C2)OCO3)CC1. The maximum absolute atomic E-state index is 11.0. The van der Waals surface area contributed by atoms with E-state index in [9.17, 15) is 4.79 Å². The molecule has 1 heterocycles. The summed E-state index contributed by atoms with van der Waals surface area (Å²) in [6, 6.07) is 0. The van der Waals surface area contributed by atoms with Gasteiger partial charge in [0.2, 0.25) is 6.79 Å². The summed E-state index contributed by atoms with van der Waals surface area (Å²) in [5.41, 5.74) is 0.00444. The topological polar surface area (TPSA) is 35.5 Å². The average molecular weight is 194 g/mol. The molecular weight excluding hydrogens is 180 g/mol. The van der Waals surface area contributed by atoms with E-state index in [0.29, 0.717) is 12.7 Å². The van der Waals surface area contributed by atoms with E-state index in [1.54, 1.807) is 0 Å². The molecule has 0 aromatic rings. The van der Waals surface area contributed by atoms with Gasteiger partial charge in [0, 0.05) is 18.3 Å². The third-order valence-electron chi connectivity index (χ3n) is 3.80. The van der Waals surface area contributed by atoms with Gasteiger partial charge in [0.15, 0.2) is 0 Å². The predicted molar refractivity (Wildman–Crippen MR) is 49.1 cm³/mol. The lowest BCUT2D eigenvalue weighted by Gasteiger charge is -2.25. The van der Waals surface area contributed by atoms with E-state index >= 15 is 0 Å². The molecule has 76 valence electrons. The molecule has 0 bridgehead atoms. The van der Waals surface area contributed by atoms with Gasteiger partial charge in [-0.2, -0.15) is 0 Å². The summed E-state index contributed by atoms with van der Waals surface area (Å²) in [4.78, 5) is 11.0. The number of aldehydes is 1. The van der Waals surface area contributed by atoms with Crippen molar-refractivity contribution in [2.75, 3.05) is 6.79 Å². The van der Waals surface area contributed by atoms with Crippen LogP contribution >= 0.6 is 0 Å². The quantitative estimate of drug-likeness (QED) is 0.630. The van der Waals surface area contributed by atoms with E-state index in [-0.39, 0.29) is 5.41 Å². The molecule has 1 fully saturated rings. The van der Waals surface area contributed by atoms with Crippen LogP contribution in [-0.2, 0) is 14.3 Å². The van der Waals surface area contributed by atoms with Crippen LogP contribution < -0.4 is 0 Å². The van der Waals surface area contributed by atoms with E-state index in [4.69, 9.17) is 9.47 Å². The fourth-order valence-electron chi connectivity index (χ4n) is 2.61. The van der Waals surface area contributed by atoms with Gasteiger partial charge in [-0.15, -0.1) is 0 Å². The zero-order chi connectivity index (χ0) is 9.60. The summed E-state index contributed by atoms with van der Waals surface area (Å²) in [6.07, 6.45) is 6.26. The second-order valence-corrected chi connectivity index (χ2v) is 4.54. The number of hydrogen-bond donors (Lipinski definition) is 0. The molecule has 3 rings (SSSR count). The number of carbonyl (C=O) groups excluding carboxylic acids is 1. The first-order valence-corrected chi connectivity index (χ1v) is 5.28. The Morgan fingerprint density at radius 3 is 2.79 bits per heavy atom. The lowest BCUT2D eigenvalue weighted by atomic mass is 9.80. The Hall–Kier alpha value is -0.990. The van der Waals surface area contributed by atoms with Crippen LogP contribution in [0.5, 0.6) is 0 Å². The van der Waals surface area contributed by atoms with Crippen LogP contribution in [0.25, 0.3) is 0 Å². The second-order valence-electron chi connectivity index (χ2n) is 4.54. The lowest BCUT2D eigenvalue weighted by Crippen LogP contribution is -2.21. The lowest BCUT2D eigenvalue weighted by molar-refractivity contribution is -0.114. The number of hydrogen-bond acceptors (Lipinski definition) is 3. The van der Waals surface area contributed by atoms with Gasteiger partial charge in [-0.25, -0.2) is 0 Å². The van der Waals surface area contributed by atoms with Crippen molar-refractivity contribution in [3.63, 3.8) is 0 Å². The van der Waals surface area contributed by atoms with E-state index in [1.165, 1.54) is 6.29 Å². The summed E-state index contributed by atoms with van der Waals surface area (Å²) in [6.45, 7) is 0.380. The van der Waals surface area contributed by atoms with Crippen LogP contribution in [0.2, 0.25) is 0 Å². The molecule has 0 N–H and O–H groups in total. The minimum absolute atomic E-state index is 0.00444. The molecule has 1 aliphatic heterocycles. The largest absolute Gasteiger partial charge is 0.458 e. The first-order valence-electron chi connectivity index (χ1n) is 5.28. The first kappa shape index (κ1) is 8.33. The minimum atomic E-state index is 0.00444. The molecule has 3 aliphatic rings. The summed E-state index contributed by atoms with van der Waals surface area (Å²) in [7, 11) is 0. The van der Waals surface area contributed by atoms with Crippen LogP contribution in [0.4, 0.5) is 0 Å². The van der Waals surface area contributed by atoms with Gasteiger partial charge in [0.25, 0.3) is 0 Å². The van der Waals surface area contributed by atoms with Crippen molar-refractivity contribution in [1.29, 1.82) is 0 Å². The molecule has 0 spiro atoms. The Morgan fingerprint density at radius 2 is 2.07 bits per heavy atom. The maximum atomic E-state index is 11.0. The van der Waals surface area contributed by atoms with Crippen LogP contribution in [0.1, 0.15) is 32.1 Å². The molecular formula is C11H14O3. The van der Waals surface area contributed by atoms with Crippen LogP contribution in [0, 0.1) is 11.3 Å². The van der Waals surface area contributed by atoms with Crippen LogP contribution in [-0.4, -0.2) is 13.1 Å². The molecule has 0 aromatic heterocycles. The van der Waals surface area contributed by atoms with E-state index < -0.39 is 0 Å². The molecule has 0 amide bonds. The molecule has 2 aliphatic carbocycles. The fraction of sp³-hybridized carbons (Fsp3) is 0.727. The van der Waals surface area contributed by atoms with E-state index in [1.807, 2.05) is 0 Å². The number of allylic oxidation sites excluding steroid dienone is 2. The highest BCUT2D eigenvalue weighted by atomic mass is 16.7. The average Bonchev–Trinajstić information content (AvgIpc) is 2.89. The van der Waals surface area contributed by atoms with E-state index in [0.717, 1.165) is 43.6 Å². The molecule has 0 saturated heterocycles. The zero-order valence-corrected chi connectivity index (χ0v) is 8.12. The third-order valence-corrected chi connectivity index (χ3v) is 3.80. The predicted octanol–water partition coefficient (Wildman–Crippen LogP) is 1.98. The fourth-order valence-corrected chi connectivity index (χ4v) is 2.61. The minimum Gasteiger partial charge on any atom is -0.458 e. The third kappa shape index (κ3) is 1.08. The van der Waals surface area contributed by atoms with Gasteiger partial charge in [0.05, 0.1) is 0 Å². The second kappa shape index (κ2) is 2.75. The van der Waals surface area contributed by atoms with Crippen molar-refractivity contribution in [2.45, 2.75) is 32.1 Å². The Kier molecular flexibility index (Phi) is 1.64. The van der Waals surface area contributed by atoms with Gasteiger partial charge in [0.1, 0.15) is 17.8 Å². The molecule has 1 unspecified atom stereocenters. The Morgan fingerprint density at radius 1 is 1.29 bits per heavy atom. The van der Waals surface area contributed by atoms with Gasteiger partial charge in [-0.1, -0.05) is 0 Å². The smallest absolute Gasteiger partial charge is 0.230 e. The molecule has 3 nitrogen and oxygen atoms in total. The highest BCUT2D eigenvalue weighted by Crippen LogP contribution is 2.55. The summed E-state index contributed by atoms with van der Waals surface area (Å²) >= 11 is 0. The van der Waals surface area contributed by atoms with Crippen molar-refractivity contribution in [3.05, 3.63) is 11.5 Å². The number of ether oxygens (including phenoxy) is 2. The van der Waals surface area contributed by atoms with Crippen LogP contribution in [0.3, 0.4) is 0 Å². The molecule has 14 heavy (non-hydrogen) atoms. The van der Waals surface area contributed by atoms with Crippen molar-refractivity contribution < 1.29 is 14.3 Å². The highest BCUT2D eigenvalue weighted by Gasteiger charge is 2.50. The zero-order valence-electron chi connectivity index (χ0n) is 8.12. The summed E-state index contributed by atoms with van der Waals surface area (Å²) in [5, 5.41) is 0. The Labute approximate surface area is 83.1 Å². The van der Waals surface area contributed by atoms with Crippen molar-refractivity contribution in [1.82, 2.24) is 0 Å². The monoisotopic (exact) mass is 194 g/mol. The Bertz CT molecular complexity index is 302. The standard InChI is InChI=1S/C11H14O3/c12-6-11(3-4-11)8-1-2-9-10(5-8)14-7-13-9/h6,8H,1-5,7H2. The normalized spacial score (nSPS) is 33.0.